The predicted molar refractivity (Wildman–Crippen MR) is 146 cm³/mol. The second kappa shape index (κ2) is 16.1. The van der Waals surface area contributed by atoms with Gasteiger partial charge in [0.25, 0.3) is 0 Å². The van der Waals surface area contributed by atoms with E-state index in [1.165, 1.54) is 18.2 Å². The molecule has 2 aromatic rings. The highest BCUT2D eigenvalue weighted by atomic mass is 16.7. The van der Waals surface area contributed by atoms with E-state index >= 15 is 0 Å². The molecule has 0 heterocycles. The van der Waals surface area contributed by atoms with Crippen LogP contribution < -0.4 is 19.9 Å². The third-order valence-corrected chi connectivity index (χ3v) is 5.40. The van der Waals surface area contributed by atoms with Gasteiger partial charge in [0, 0.05) is 5.92 Å². The molecule has 0 aliphatic heterocycles. The number of para-hydroxylation sites is 1. The fourth-order valence-electron chi connectivity index (χ4n) is 3.47. The van der Waals surface area contributed by atoms with E-state index in [4.69, 9.17) is 34.2 Å². The lowest BCUT2D eigenvalue weighted by Crippen LogP contribution is -2.38. The van der Waals surface area contributed by atoms with Crippen LogP contribution in [0.25, 0.3) is 0 Å². The number of hydrogen-bond donors (Lipinski definition) is 2. The van der Waals surface area contributed by atoms with Gasteiger partial charge in [-0.25, -0.2) is 14.4 Å². The molecule has 0 radical (unpaired) electrons. The Morgan fingerprint density at radius 3 is 1.85 bits per heavy atom. The van der Waals surface area contributed by atoms with Crippen LogP contribution in [0.5, 0.6) is 17.2 Å². The van der Waals surface area contributed by atoms with Gasteiger partial charge in [-0.2, -0.15) is 0 Å². The van der Waals surface area contributed by atoms with Crippen molar-refractivity contribution in [3.8, 4) is 17.2 Å². The average Bonchev–Trinajstić information content (AvgIpc) is 2.90. The lowest BCUT2D eigenvalue weighted by Gasteiger charge is -2.25. The molecule has 0 spiro atoms. The van der Waals surface area contributed by atoms with Gasteiger partial charge in [-0.1, -0.05) is 52.0 Å². The highest BCUT2D eigenvalue weighted by Crippen LogP contribution is 2.35. The number of rotatable bonds is 13. The molecule has 0 saturated heterocycles. The Hall–Kier alpha value is -4.32. The van der Waals surface area contributed by atoms with Gasteiger partial charge in [0.1, 0.15) is 17.9 Å². The molecule has 2 aromatic carbocycles. The van der Waals surface area contributed by atoms with Crippen molar-refractivity contribution in [2.75, 3.05) is 13.2 Å². The molecule has 0 amide bonds. The number of carboxylic acids is 1. The minimum absolute atomic E-state index is 0.0311. The minimum Gasteiger partial charge on any atom is -0.480 e. The second-order valence-electron chi connectivity index (χ2n) is 10.1. The van der Waals surface area contributed by atoms with E-state index in [-0.39, 0.29) is 48.7 Å². The van der Waals surface area contributed by atoms with E-state index in [1.54, 1.807) is 37.3 Å². The summed E-state index contributed by atoms with van der Waals surface area (Å²) in [6.07, 6.45) is -3.93. The number of benzene rings is 2. The first-order chi connectivity index (χ1) is 19.3. The molecule has 0 aliphatic rings. The van der Waals surface area contributed by atoms with Crippen LogP contribution in [0, 0.1) is 11.8 Å². The van der Waals surface area contributed by atoms with Crippen LogP contribution in [-0.4, -0.2) is 54.9 Å². The largest absolute Gasteiger partial charge is 0.514 e. The lowest BCUT2D eigenvalue weighted by molar-refractivity contribution is -0.139. The minimum atomic E-state index is -1.44. The van der Waals surface area contributed by atoms with E-state index in [1.807, 2.05) is 27.7 Å². The summed E-state index contributed by atoms with van der Waals surface area (Å²) in [5.41, 5.74) is 6.31. The number of carbonyl (C=O) groups excluding carboxylic acids is 3. The van der Waals surface area contributed by atoms with E-state index in [0.717, 1.165) is 0 Å². The summed E-state index contributed by atoms with van der Waals surface area (Å²) in [6.45, 7) is 9.10. The molecule has 0 aliphatic carbocycles. The Kier molecular flexibility index (Phi) is 12.9. The van der Waals surface area contributed by atoms with Gasteiger partial charge in [0.15, 0.2) is 11.5 Å². The molecule has 2 rings (SSSR count). The topological polar surface area (TPSA) is 170 Å². The highest BCUT2D eigenvalue weighted by Gasteiger charge is 2.30. The first kappa shape index (κ1) is 32.9. The summed E-state index contributed by atoms with van der Waals surface area (Å²) in [6, 6.07) is 10.9. The zero-order valence-electron chi connectivity index (χ0n) is 23.7. The second-order valence-corrected chi connectivity index (χ2v) is 10.1. The molecular formula is C29H37NO11. The summed E-state index contributed by atoms with van der Waals surface area (Å²) >= 11 is 0. The van der Waals surface area contributed by atoms with Crippen LogP contribution >= 0.6 is 0 Å². The van der Waals surface area contributed by atoms with Gasteiger partial charge in [0.05, 0.1) is 13.2 Å². The molecule has 3 atom stereocenters. The molecule has 0 fully saturated rings. The van der Waals surface area contributed by atoms with Crippen molar-refractivity contribution in [2.24, 2.45) is 17.6 Å². The van der Waals surface area contributed by atoms with Crippen LogP contribution in [0.2, 0.25) is 0 Å². The van der Waals surface area contributed by atoms with Crippen LogP contribution in [0.4, 0.5) is 14.4 Å². The predicted octanol–water partition coefficient (Wildman–Crippen LogP) is 5.52. The Morgan fingerprint density at radius 2 is 1.32 bits per heavy atom. The normalized spacial score (nSPS) is 13.1. The number of nitrogens with two attached hydrogens (primary N) is 1. The van der Waals surface area contributed by atoms with Crippen LogP contribution in [-0.2, 0) is 19.0 Å². The first-order valence-electron chi connectivity index (χ1n) is 13.1. The van der Waals surface area contributed by atoms with Crippen molar-refractivity contribution in [2.45, 2.75) is 59.1 Å². The van der Waals surface area contributed by atoms with Crippen molar-refractivity contribution in [1.82, 2.24) is 0 Å². The molecule has 2 unspecified atom stereocenters. The van der Waals surface area contributed by atoms with E-state index in [9.17, 15) is 24.3 Å². The van der Waals surface area contributed by atoms with Crippen LogP contribution in [0.15, 0.2) is 48.5 Å². The third kappa shape index (κ3) is 11.8. The van der Waals surface area contributed by atoms with Crippen LogP contribution in [0.3, 0.4) is 0 Å². The Balaban J connectivity index is 2.30. The molecule has 41 heavy (non-hydrogen) atoms. The van der Waals surface area contributed by atoms with Crippen molar-refractivity contribution in [1.29, 1.82) is 0 Å². The van der Waals surface area contributed by atoms with Crippen molar-refractivity contribution in [3.05, 3.63) is 54.1 Å². The molecule has 12 nitrogen and oxygen atoms in total. The molecule has 0 saturated carbocycles. The Morgan fingerprint density at radius 1 is 0.756 bits per heavy atom. The number of aliphatic carboxylic acids is 1. The van der Waals surface area contributed by atoms with Gasteiger partial charge in [-0.05, 0) is 55.0 Å². The average molecular weight is 576 g/mol. The molecule has 12 heteroatoms. The van der Waals surface area contributed by atoms with Gasteiger partial charge >= 0.3 is 24.4 Å². The highest BCUT2D eigenvalue weighted by molar-refractivity contribution is 5.75. The fourth-order valence-corrected chi connectivity index (χ4v) is 3.47. The number of hydrogen-bond acceptors (Lipinski definition) is 11. The zero-order valence-corrected chi connectivity index (χ0v) is 23.7. The zero-order chi connectivity index (χ0) is 30.5. The number of carbonyl (C=O) groups is 4. The standard InChI is InChI=1S/C29H37NO11/c1-17(2)15-36-27(33)40-23-12-11-20(14-24(23)41-28(34)37-16-18(3)4)22(25(30)26(31)32)13-19(5)38-29(35)39-21-9-7-6-8-10-21/h6-12,14,17-19,22,25H,13,15-16,30H2,1-5H3,(H,31,32)/t19?,22?,25-/m0/s1. The maximum atomic E-state index is 12.3. The molecule has 224 valence electrons. The smallest absolute Gasteiger partial charge is 0.480 e. The van der Waals surface area contributed by atoms with Gasteiger partial charge in [-0.3, -0.25) is 4.79 Å². The van der Waals surface area contributed by atoms with E-state index in [0.29, 0.717) is 5.56 Å². The van der Waals surface area contributed by atoms with Crippen molar-refractivity contribution < 1.29 is 52.7 Å². The van der Waals surface area contributed by atoms with E-state index < -0.39 is 42.5 Å². The first-order valence-corrected chi connectivity index (χ1v) is 13.1. The quantitative estimate of drug-likeness (QED) is 0.174. The molecular weight excluding hydrogens is 538 g/mol. The third-order valence-electron chi connectivity index (χ3n) is 5.40. The molecule has 0 bridgehead atoms. The number of ether oxygens (including phenoxy) is 6. The maximum absolute atomic E-state index is 12.3. The van der Waals surface area contributed by atoms with Gasteiger partial charge in [-0.15, -0.1) is 0 Å². The van der Waals surface area contributed by atoms with Crippen molar-refractivity contribution >= 4 is 24.4 Å². The summed E-state index contributed by atoms with van der Waals surface area (Å²) in [5, 5.41) is 9.67. The fraction of sp³-hybridized carbons (Fsp3) is 0.448. The van der Waals surface area contributed by atoms with Crippen LogP contribution in [0.1, 0.15) is 52.5 Å². The SMILES string of the molecule is CC(C)COC(=O)Oc1ccc(C(CC(C)OC(=O)Oc2ccccc2)[C@H](N)C(=O)O)cc1OC(=O)OCC(C)C. The van der Waals surface area contributed by atoms with E-state index in [2.05, 4.69) is 0 Å². The lowest BCUT2D eigenvalue weighted by atomic mass is 9.87. The van der Waals surface area contributed by atoms with Gasteiger partial charge < -0.3 is 39.3 Å². The summed E-state index contributed by atoms with van der Waals surface area (Å²) in [5.74, 6) is -2.27. The Labute approximate surface area is 238 Å². The maximum Gasteiger partial charge on any atom is 0.514 e. The Bertz CT molecular complexity index is 1170. The summed E-state index contributed by atoms with van der Waals surface area (Å²) in [7, 11) is 0. The molecule has 3 N–H and O–H groups in total. The molecule has 0 aromatic heterocycles. The van der Waals surface area contributed by atoms with Crippen molar-refractivity contribution in [3.63, 3.8) is 0 Å². The number of carboxylic acid groups (broad SMARTS) is 1. The van der Waals surface area contributed by atoms with Gasteiger partial charge in [0.2, 0.25) is 0 Å². The summed E-state index contributed by atoms with van der Waals surface area (Å²) < 4.78 is 31.1. The summed E-state index contributed by atoms with van der Waals surface area (Å²) in [4.78, 5) is 48.6. The monoisotopic (exact) mass is 575 g/mol.